The molecule has 6 nitrogen and oxygen atoms in total. The monoisotopic (exact) mass is 405 g/mol. The summed E-state index contributed by atoms with van der Waals surface area (Å²) >= 11 is 6.39. The Morgan fingerprint density at radius 1 is 1.20 bits per heavy atom. The topological polar surface area (TPSA) is 121 Å². The van der Waals surface area contributed by atoms with Crippen LogP contribution in [0.3, 0.4) is 0 Å². The second-order valence-electron chi connectivity index (χ2n) is 5.45. The van der Waals surface area contributed by atoms with Crippen LogP contribution in [0.4, 0.5) is 0 Å². The molecule has 0 spiro atoms. The highest BCUT2D eigenvalue weighted by Crippen LogP contribution is 2.41. The number of nitrogens with two attached hydrogens (primary N) is 1. The van der Waals surface area contributed by atoms with Crippen molar-refractivity contribution >= 4 is 37.6 Å². The van der Waals surface area contributed by atoms with Crippen molar-refractivity contribution in [1.29, 1.82) is 0 Å². The van der Waals surface area contributed by atoms with Crippen LogP contribution in [-0.4, -0.2) is 26.9 Å². The lowest BCUT2D eigenvalue weighted by Gasteiger charge is -2.15. The van der Waals surface area contributed by atoms with Crippen molar-refractivity contribution in [1.82, 2.24) is 0 Å². The number of hydrogen-bond acceptors (Lipinski definition) is 3. The van der Waals surface area contributed by atoms with E-state index < -0.39 is 25.8 Å². The molecule has 0 fully saturated rings. The largest absolute Gasteiger partial charge is 0.480 e. The summed E-state index contributed by atoms with van der Waals surface area (Å²) in [4.78, 5) is 29.4. The van der Waals surface area contributed by atoms with Gasteiger partial charge >= 0.3 is 13.6 Å². The van der Waals surface area contributed by atoms with E-state index in [4.69, 9.17) is 22.4 Å². The molecular formula is C16H18Cl2NO5P. The number of carbonyl (C=O) groups is 1. The van der Waals surface area contributed by atoms with Gasteiger partial charge in [0.15, 0.2) is 0 Å². The summed E-state index contributed by atoms with van der Waals surface area (Å²) in [5.74, 6) is -1.17. The Morgan fingerprint density at radius 2 is 1.80 bits per heavy atom. The summed E-state index contributed by atoms with van der Waals surface area (Å²) in [6.07, 6.45) is -0.498. The smallest absolute Gasteiger partial charge is 0.329 e. The van der Waals surface area contributed by atoms with Gasteiger partial charge < -0.3 is 20.6 Å². The van der Waals surface area contributed by atoms with Crippen LogP contribution in [0.5, 0.6) is 0 Å². The fourth-order valence-electron chi connectivity index (χ4n) is 2.38. The maximum atomic E-state index is 11.3. The summed E-state index contributed by atoms with van der Waals surface area (Å²) in [6.45, 7) is 0. The van der Waals surface area contributed by atoms with Crippen LogP contribution in [0.25, 0.3) is 11.1 Å². The van der Waals surface area contributed by atoms with Gasteiger partial charge in [-0.25, -0.2) is 0 Å². The SMILES string of the molecule is Cl.N[C@@H](Cc1cc(CP(=O)(O)O)cc(-c2ccccc2)c1Cl)C(=O)O. The van der Waals surface area contributed by atoms with Crippen molar-refractivity contribution in [2.24, 2.45) is 5.73 Å². The first-order valence-corrected chi connectivity index (χ1v) is 9.24. The van der Waals surface area contributed by atoms with Gasteiger partial charge in [-0.1, -0.05) is 48.0 Å². The third kappa shape index (κ3) is 6.12. The number of benzene rings is 2. The molecule has 0 radical (unpaired) electrons. The number of halogens is 2. The number of carboxylic acid groups (broad SMARTS) is 1. The molecule has 0 aromatic heterocycles. The second kappa shape index (κ2) is 8.81. The highest BCUT2D eigenvalue weighted by molar-refractivity contribution is 7.50. The van der Waals surface area contributed by atoms with Crippen LogP contribution in [0.1, 0.15) is 11.1 Å². The number of aliphatic carboxylic acids is 1. The maximum absolute atomic E-state index is 11.3. The number of rotatable bonds is 6. The highest BCUT2D eigenvalue weighted by atomic mass is 35.5. The predicted octanol–water partition coefficient (Wildman–Crippen LogP) is 3.06. The third-order valence-electron chi connectivity index (χ3n) is 3.44. The molecule has 25 heavy (non-hydrogen) atoms. The van der Waals surface area contributed by atoms with E-state index in [1.807, 2.05) is 30.3 Å². The predicted molar refractivity (Wildman–Crippen MR) is 99.2 cm³/mol. The fourth-order valence-corrected chi connectivity index (χ4v) is 3.33. The molecule has 0 saturated carbocycles. The molecule has 2 aromatic rings. The minimum atomic E-state index is -4.28. The second-order valence-corrected chi connectivity index (χ2v) is 7.48. The van der Waals surface area contributed by atoms with Crippen molar-refractivity contribution in [3.8, 4) is 11.1 Å². The molecule has 0 unspecified atom stereocenters. The van der Waals surface area contributed by atoms with E-state index in [-0.39, 0.29) is 18.8 Å². The maximum Gasteiger partial charge on any atom is 0.329 e. The molecule has 0 aliphatic heterocycles. The van der Waals surface area contributed by atoms with Crippen molar-refractivity contribution in [2.75, 3.05) is 0 Å². The summed E-state index contributed by atoms with van der Waals surface area (Å²) in [7, 11) is -4.28. The van der Waals surface area contributed by atoms with E-state index in [2.05, 4.69) is 0 Å². The quantitative estimate of drug-likeness (QED) is 0.548. The summed E-state index contributed by atoms with van der Waals surface area (Å²) in [5.41, 5.74) is 7.73. The lowest BCUT2D eigenvalue weighted by molar-refractivity contribution is -0.138. The van der Waals surface area contributed by atoms with Crippen LogP contribution >= 0.6 is 31.6 Å². The molecule has 2 rings (SSSR count). The van der Waals surface area contributed by atoms with Crippen molar-refractivity contribution in [3.05, 3.63) is 58.6 Å². The lowest BCUT2D eigenvalue weighted by atomic mass is 9.97. The van der Waals surface area contributed by atoms with Gasteiger partial charge in [0.1, 0.15) is 6.04 Å². The van der Waals surface area contributed by atoms with Crippen LogP contribution in [-0.2, 0) is 21.9 Å². The summed E-state index contributed by atoms with van der Waals surface area (Å²) in [5, 5.41) is 9.31. The molecule has 0 aliphatic rings. The molecule has 9 heteroatoms. The highest BCUT2D eigenvalue weighted by Gasteiger charge is 2.20. The van der Waals surface area contributed by atoms with Gasteiger partial charge in [-0.3, -0.25) is 9.36 Å². The van der Waals surface area contributed by atoms with Gasteiger partial charge in [0.2, 0.25) is 0 Å². The first-order valence-electron chi connectivity index (χ1n) is 7.07. The van der Waals surface area contributed by atoms with Crippen LogP contribution in [0, 0.1) is 0 Å². The van der Waals surface area contributed by atoms with Crippen LogP contribution < -0.4 is 5.73 Å². The van der Waals surface area contributed by atoms with Crippen LogP contribution in [0.15, 0.2) is 42.5 Å². The summed E-state index contributed by atoms with van der Waals surface area (Å²) in [6, 6.07) is 11.0. The molecule has 0 bridgehead atoms. The average Bonchev–Trinajstić information content (AvgIpc) is 2.49. The van der Waals surface area contributed by atoms with Crippen molar-refractivity contribution in [2.45, 2.75) is 18.6 Å². The molecule has 0 saturated heterocycles. The molecular weight excluding hydrogens is 388 g/mol. The standard InChI is InChI=1S/C16H17ClNO5P.ClH/c17-15-12(8-14(18)16(19)20)6-10(9-24(21,22)23)7-13(15)11-4-2-1-3-5-11;/h1-7,14H,8-9,18H2,(H,19,20)(H2,21,22,23);1H/t14-;/m0./s1. The zero-order valence-electron chi connectivity index (χ0n) is 13.0. The van der Waals surface area contributed by atoms with E-state index in [0.29, 0.717) is 21.7 Å². The Kier molecular flexibility index (Phi) is 7.62. The first-order chi connectivity index (χ1) is 11.2. The number of hydrogen-bond donors (Lipinski definition) is 4. The molecule has 0 aliphatic carbocycles. The van der Waals surface area contributed by atoms with E-state index in [1.54, 1.807) is 6.07 Å². The third-order valence-corrected chi connectivity index (χ3v) is 4.66. The Bertz CT molecular complexity index is 795. The zero-order valence-corrected chi connectivity index (χ0v) is 15.5. The fraction of sp³-hybridized carbons (Fsp3) is 0.188. The minimum absolute atomic E-state index is 0. The van der Waals surface area contributed by atoms with Gasteiger partial charge in [-0.05, 0) is 29.2 Å². The lowest BCUT2D eigenvalue weighted by Crippen LogP contribution is -2.32. The molecule has 5 N–H and O–H groups in total. The van der Waals surface area contributed by atoms with E-state index >= 15 is 0 Å². The van der Waals surface area contributed by atoms with E-state index in [0.717, 1.165) is 5.56 Å². The normalized spacial score (nSPS) is 12.3. The van der Waals surface area contributed by atoms with Gasteiger partial charge in [0.25, 0.3) is 0 Å². The van der Waals surface area contributed by atoms with E-state index in [1.165, 1.54) is 6.07 Å². The molecule has 0 heterocycles. The van der Waals surface area contributed by atoms with Gasteiger partial charge in [0, 0.05) is 5.56 Å². The van der Waals surface area contributed by atoms with Gasteiger partial charge in [-0.2, -0.15) is 0 Å². The Labute approximate surface area is 156 Å². The molecule has 136 valence electrons. The first kappa shape index (κ1) is 21.6. The number of carboxylic acids is 1. The Balaban J connectivity index is 0.00000312. The van der Waals surface area contributed by atoms with Crippen molar-refractivity contribution in [3.63, 3.8) is 0 Å². The Morgan fingerprint density at radius 3 is 2.32 bits per heavy atom. The minimum Gasteiger partial charge on any atom is -0.480 e. The van der Waals surface area contributed by atoms with Crippen molar-refractivity contribution < 1.29 is 24.3 Å². The van der Waals surface area contributed by atoms with Crippen LogP contribution in [0.2, 0.25) is 5.02 Å². The zero-order chi connectivity index (χ0) is 17.9. The average molecular weight is 406 g/mol. The molecule has 0 amide bonds. The van der Waals surface area contributed by atoms with E-state index in [9.17, 15) is 19.1 Å². The van der Waals surface area contributed by atoms with Gasteiger partial charge in [-0.15, -0.1) is 12.4 Å². The molecule has 1 atom stereocenters. The Hall–Kier alpha value is -1.40. The van der Waals surface area contributed by atoms with Gasteiger partial charge in [0.05, 0.1) is 11.2 Å². The summed E-state index contributed by atoms with van der Waals surface area (Å²) < 4.78 is 11.3. The molecule has 2 aromatic carbocycles.